The molecule has 0 heterocycles. The van der Waals surface area contributed by atoms with E-state index in [9.17, 15) is 4.79 Å². The summed E-state index contributed by atoms with van der Waals surface area (Å²) in [6.07, 6.45) is 0. The summed E-state index contributed by atoms with van der Waals surface area (Å²) in [5.41, 5.74) is 6.43. The molecule has 0 bridgehead atoms. The van der Waals surface area contributed by atoms with E-state index in [1.807, 2.05) is 26.0 Å². The summed E-state index contributed by atoms with van der Waals surface area (Å²) in [7, 11) is 0. The van der Waals surface area contributed by atoms with Crippen molar-refractivity contribution in [2.75, 3.05) is 23.8 Å². The van der Waals surface area contributed by atoms with E-state index in [1.54, 1.807) is 12.1 Å². The van der Waals surface area contributed by atoms with Gasteiger partial charge in [0.05, 0.1) is 0 Å². The predicted octanol–water partition coefficient (Wildman–Crippen LogP) is 1.61. The number of hydrogen-bond donors (Lipinski definition) is 4. The first kappa shape index (κ1) is 13.3. The average Bonchev–Trinajstić information content (AvgIpc) is 2.28. The fraction of sp³-hybridized carbons (Fsp3) is 0.417. The fourth-order valence-electron chi connectivity index (χ4n) is 1.21. The molecule has 0 fully saturated rings. The molecule has 1 rings (SSSR count). The highest BCUT2D eigenvalue weighted by Gasteiger charge is 2.15. The van der Waals surface area contributed by atoms with Gasteiger partial charge in [-0.1, -0.05) is 13.8 Å². The number of primary amides is 1. The third-order valence-corrected chi connectivity index (χ3v) is 2.35. The highest BCUT2D eigenvalue weighted by molar-refractivity contribution is 5.87. The second-order valence-corrected chi connectivity index (χ2v) is 4.74. The molecule has 0 aromatic heterocycles. The van der Waals surface area contributed by atoms with E-state index < -0.39 is 6.03 Å². The second-order valence-electron chi connectivity index (χ2n) is 4.74. The maximum absolute atomic E-state index is 10.6. The number of hydrogen-bond acceptors (Lipinski definition) is 3. The Morgan fingerprint density at radius 2 is 1.82 bits per heavy atom. The lowest BCUT2D eigenvalue weighted by Gasteiger charge is -2.22. The Balaban J connectivity index is 2.54. The van der Waals surface area contributed by atoms with Crippen molar-refractivity contribution in [3.05, 3.63) is 24.3 Å². The van der Waals surface area contributed by atoms with E-state index in [2.05, 4.69) is 10.6 Å². The quantitative estimate of drug-likeness (QED) is 0.627. The first-order valence-corrected chi connectivity index (χ1v) is 5.44. The Hall–Kier alpha value is -1.75. The van der Waals surface area contributed by atoms with Gasteiger partial charge in [0.15, 0.2) is 0 Å². The van der Waals surface area contributed by atoms with Gasteiger partial charge < -0.3 is 21.5 Å². The van der Waals surface area contributed by atoms with Crippen LogP contribution in [0.25, 0.3) is 0 Å². The number of carbonyl (C=O) groups is 1. The van der Waals surface area contributed by atoms with Gasteiger partial charge in [-0.25, -0.2) is 4.79 Å². The summed E-state index contributed by atoms with van der Waals surface area (Å²) in [6.45, 7) is 4.75. The SMILES string of the molecule is CC(C)(CO)CNc1ccc(NC(N)=O)cc1. The lowest BCUT2D eigenvalue weighted by Crippen LogP contribution is -2.26. The first-order valence-electron chi connectivity index (χ1n) is 5.44. The van der Waals surface area contributed by atoms with Crippen LogP contribution in [0.2, 0.25) is 0 Å². The minimum atomic E-state index is -0.577. The molecule has 0 atom stereocenters. The Morgan fingerprint density at radius 1 is 1.29 bits per heavy atom. The zero-order valence-corrected chi connectivity index (χ0v) is 10.2. The fourth-order valence-corrected chi connectivity index (χ4v) is 1.21. The zero-order valence-electron chi connectivity index (χ0n) is 10.2. The van der Waals surface area contributed by atoms with Crippen molar-refractivity contribution in [3.8, 4) is 0 Å². The maximum Gasteiger partial charge on any atom is 0.316 e. The number of anilines is 2. The molecule has 0 spiro atoms. The molecule has 0 saturated heterocycles. The monoisotopic (exact) mass is 237 g/mol. The minimum Gasteiger partial charge on any atom is -0.396 e. The average molecular weight is 237 g/mol. The van der Waals surface area contributed by atoms with Crippen LogP contribution in [0.1, 0.15) is 13.8 Å². The molecular weight excluding hydrogens is 218 g/mol. The Kier molecular flexibility index (Phi) is 4.34. The molecule has 0 aliphatic rings. The standard InChI is InChI=1S/C12H19N3O2/c1-12(2,8-16)7-14-9-3-5-10(6-4-9)15-11(13)17/h3-6,14,16H,7-8H2,1-2H3,(H3,13,15,17). The number of rotatable bonds is 5. The summed E-state index contributed by atoms with van der Waals surface area (Å²) in [5, 5.41) is 14.8. The van der Waals surface area contributed by atoms with Gasteiger partial charge in [0.2, 0.25) is 0 Å². The summed E-state index contributed by atoms with van der Waals surface area (Å²) in [5.74, 6) is 0. The largest absolute Gasteiger partial charge is 0.396 e. The Bertz CT molecular complexity index is 374. The second kappa shape index (κ2) is 5.54. The van der Waals surface area contributed by atoms with Crippen LogP contribution in [0.5, 0.6) is 0 Å². The van der Waals surface area contributed by atoms with Crippen molar-refractivity contribution in [2.45, 2.75) is 13.8 Å². The maximum atomic E-state index is 10.6. The number of benzene rings is 1. The van der Waals surface area contributed by atoms with Gasteiger partial charge in [-0.05, 0) is 24.3 Å². The van der Waals surface area contributed by atoms with Gasteiger partial charge in [0.1, 0.15) is 0 Å². The number of amides is 2. The molecule has 0 aliphatic carbocycles. The predicted molar refractivity (Wildman–Crippen MR) is 69.0 cm³/mol. The third kappa shape index (κ3) is 4.74. The molecule has 1 aromatic rings. The summed E-state index contributed by atoms with van der Waals surface area (Å²) >= 11 is 0. The minimum absolute atomic E-state index is 0.126. The molecule has 2 amide bonds. The Morgan fingerprint density at radius 3 is 2.29 bits per heavy atom. The van der Waals surface area contributed by atoms with Gasteiger partial charge in [0.25, 0.3) is 0 Å². The van der Waals surface area contributed by atoms with Crippen LogP contribution in [-0.2, 0) is 0 Å². The van der Waals surface area contributed by atoms with Crippen LogP contribution in [0.15, 0.2) is 24.3 Å². The molecule has 0 saturated carbocycles. The lowest BCUT2D eigenvalue weighted by atomic mass is 9.95. The smallest absolute Gasteiger partial charge is 0.316 e. The number of aliphatic hydroxyl groups is 1. The summed E-state index contributed by atoms with van der Waals surface area (Å²) in [6, 6.07) is 6.64. The third-order valence-electron chi connectivity index (χ3n) is 2.35. The molecule has 5 N–H and O–H groups in total. The number of nitrogens with one attached hydrogen (secondary N) is 2. The molecule has 5 heteroatoms. The molecule has 94 valence electrons. The van der Waals surface area contributed by atoms with Crippen LogP contribution in [0.3, 0.4) is 0 Å². The van der Waals surface area contributed by atoms with E-state index in [-0.39, 0.29) is 12.0 Å². The molecule has 17 heavy (non-hydrogen) atoms. The van der Waals surface area contributed by atoms with Crippen molar-refractivity contribution in [1.82, 2.24) is 0 Å². The van der Waals surface area contributed by atoms with Crippen molar-refractivity contribution in [1.29, 1.82) is 0 Å². The van der Waals surface area contributed by atoms with Gasteiger partial charge in [0, 0.05) is 29.9 Å². The summed E-state index contributed by atoms with van der Waals surface area (Å²) < 4.78 is 0. The highest BCUT2D eigenvalue weighted by Crippen LogP contribution is 2.17. The number of carbonyl (C=O) groups excluding carboxylic acids is 1. The van der Waals surface area contributed by atoms with Crippen LogP contribution in [-0.4, -0.2) is 24.3 Å². The first-order chi connectivity index (χ1) is 7.93. The molecular formula is C12H19N3O2. The van der Waals surface area contributed by atoms with Crippen LogP contribution in [0.4, 0.5) is 16.2 Å². The molecule has 0 radical (unpaired) electrons. The van der Waals surface area contributed by atoms with E-state index >= 15 is 0 Å². The number of nitrogens with two attached hydrogens (primary N) is 1. The lowest BCUT2D eigenvalue weighted by molar-refractivity contribution is 0.171. The number of urea groups is 1. The van der Waals surface area contributed by atoms with Gasteiger partial charge >= 0.3 is 6.03 Å². The van der Waals surface area contributed by atoms with E-state index in [0.717, 1.165) is 5.69 Å². The molecule has 1 aromatic carbocycles. The normalized spacial score (nSPS) is 11.0. The zero-order chi connectivity index (χ0) is 12.9. The van der Waals surface area contributed by atoms with Gasteiger partial charge in [-0.15, -0.1) is 0 Å². The van der Waals surface area contributed by atoms with Gasteiger partial charge in [-0.2, -0.15) is 0 Å². The molecule has 0 aliphatic heterocycles. The van der Waals surface area contributed by atoms with Crippen LogP contribution >= 0.6 is 0 Å². The van der Waals surface area contributed by atoms with Crippen molar-refractivity contribution in [3.63, 3.8) is 0 Å². The molecule has 0 unspecified atom stereocenters. The van der Waals surface area contributed by atoms with Crippen LogP contribution < -0.4 is 16.4 Å². The molecule has 5 nitrogen and oxygen atoms in total. The Labute approximate surface area is 101 Å². The van der Waals surface area contributed by atoms with E-state index in [4.69, 9.17) is 10.8 Å². The van der Waals surface area contributed by atoms with E-state index in [0.29, 0.717) is 12.2 Å². The van der Waals surface area contributed by atoms with Crippen LogP contribution in [0, 0.1) is 5.41 Å². The highest BCUT2D eigenvalue weighted by atomic mass is 16.3. The van der Waals surface area contributed by atoms with Crippen molar-refractivity contribution >= 4 is 17.4 Å². The van der Waals surface area contributed by atoms with E-state index in [1.165, 1.54) is 0 Å². The van der Waals surface area contributed by atoms with Gasteiger partial charge in [-0.3, -0.25) is 0 Å². The van der Waals surface area contributed by atoms with Crippen molar-refractivity contribution < 1.29 is 9.90 Å². The summed E-state index contributed by atoms with van der Waals surface area (Å²) in [4.78, 5) is 10.6. The topological polar surface area (TPSA) is 87.4 Å². The number of aliphatic hydroxyl groups excluding tert-OH is 1. The van der Waals surface area contributed by atoms with Crippen molar-refractivity contribution in [2.24, 2.45) is 11.1 Å².